The Morgan fingerprint density at radius 2 is 1.58 bits per heavy atom. The molecule has 1 heteroatoms. The van der Waals surface area contributed by atoms with E-state index in [1.807, 2.05) is 0 Å². The fourth-order valence-corrected chi connectivity index (χ4v) is 1.66. The van der Waals surface area contributed by atoms with E-state index in [-0.39, 0.29) is 0 Å². The molecule has 0 bridgehead atoms. The number of hydrogen-bond acceptors (Lipinski definition) is 0. The highest BCUT2D eigenvalue weighted by Gasteiger charge is 2.01. The molecular formula is C11H25Br. The van der Waals surface area contributed by atoms with E-state index in [9.17, 15) is 0 Å². The van der Waals surface area contributed by atoms with Crippen molar-refractivity contribution >= 4 is 15.9 Å². The van der Waals surface area contributed by atoms with Crippen LogP contribution in [0.25, 0.3) is 0 Å². The summed E-state index contributed by atoms with van der Waals surface area (Å²) in [5, 5.41) is 1.18. The van der Waals surface area contributed by atoms with E-state index in [0.717, 1.165) is 5.92 Å². The van der Waals surface area contributed by atoms with Crippen LogP contribution >= 0.6 is 15.9 Å². The van der Waals surface area contributed by atoms with Gasteiger partial charge < -0.3 is 0 Å². The lowest BCUT2D eigenvalue weighted by Crippen LogP contribution is -1.98. The van der Waals surface area contributed by atoms with Crippen molar-refractivity contribution < 1.29 is 0 Å². The molecule has 0 aliphatic heterocycles. The molecule has 0 saturated heterocycles. The average molecular weight is 237 g/mol. The zero-order valence-electron chi connectivity index (χ0n) is 9.20. The monoisotopic (exact) mass is 236 g/mol. The van der Waals surface area contributed by atoms with Gasteiger partial charge in [-0.1, -0.05) is 69.3 Å². The summed E-state index contributed by atoms with van der Waals surface area (Å²) in [6.45, 7) is 8.77. The molecule has 0 nitrogen and oxygen atoms in total. The summed E-state index contributed by atoms with van der Waals surface area (Å²) < 4.78 is 0. The Morgan fingerprint density at radius 1 is 1.08 bits per heavy atom. The van der Waals surface area contributed by atoms with Crippen molar-refractivity contribution in [2.45, 2.75) is 59.8 Å². The van der Waals surface area contributed by atoms with Gasteiger partial charge in [0.2, 0.25) is 0 Å². The van der Waals surface area contributed by atoms with Crippen LogP contribution < -0.4 is 0 Å². The molecule has 0 amide bonds. The fraction of sp³-hybridized carbons (Fsp3) is 1.00. The Morgan fingerprint density at radius 3 is 1.83 bits per heavy atom. The fourth-order valence-electron chi connectivity index (χ4n) is 0.883. The first-order valence-corrected chi connectivity index (χ1v) is 6.44. The summed E-state index contributed by atoms with van der Waals surface area (Å²) in [7, 11) is 0. The van der Waals surface area contributed by atoms with Crippen LogP contribution in [0.2, 0.25) is 0 Å². The summed E-state index contributed by atoms with van der Waals surface area (Å²) in [4.78, 5) is 0. The molecule has 0 aliphatic carbocycles. The van der Waals surface area contributed by atoms with E-state index in [2.05, 4.69) is 43.6 Å². The molecule has 0 aromatic heterocycles. The van der Waals surface area contributed by atoms with Crippen LogP contribution in [0.5, 0.6) is 0 Å². The van der Waals surface area contributed by atoms with E-state index in [1.54, 1.807) is 0 Å². The number of rotatable bonds is 5. The van der Waals surface area contributed by atoms with Crippen LogP contribution in [0.15, 0.2) is 0 Å². The largest absolute Gasteiger partial charge is 0.0925 e. The predicted octanol–water partition coefficient (Wildman–Crippen LogP) is 5.01. The van der Waals surface area contributed by atoms with Gasteiger partial charge in [0.25, 0.3) is 0 Å². The zero-order chi connectivity index (χ0) is 9.82. The van der Waals surface area contributed by atoms with Gasteiger partial charge in [-0.05, 0) is 12.3 Å². The van der Waals surface area contributed by atoms with Crippen LogP contribution in [0.3, 0.4) is 0 Å². The minimum Gasteiger partial charge on any atom is -0.0925 e. The van der Waals surface area contributed by atoms with Crippen molar-refractivity contribution in [2.24, 2.45) is 5.92 Å². The first-order chi connectivity index (χ1) is 5.76. The summed E-state index contributed by atoms with van der Waals surface area (Å²) in [5.41, 5.74) is 0. The van der Waals surface area contributed by atoms with Gasteiger partial charge in [-0.15, -0.1) is 0 Å². The van der Waals surface area contributed by atoms with Crippen molar-refractivity contribution in [3.63, 3.8) is 0 Å². The Hall–Kier alpha value is 0.480. The third-order valence-electron chi connectivity index (χ3n) is 1.76. The van der Waals surface area contributed by atoms with Gasteiger partial charge in [-0.3, -0.25) is 0 Å². The molecule has 0 saturated carbocycles. The number of unbranched alkanes of at least 4 members (excludes halogenated alkanes) is 1. The molecule has 76 valence electrons. The topological polar surface area (TPSA) is 0 Å². The van der Waals surface area contributed by atoms with Crippen LogP contribution in [0.1, 0.15) is 59.8 Å². The summed E-state index contributed by atoms with van der Waals surface area (Å²) in [6, 6.07) is 0. The van der Waals surface area contributed by atoms with Crippen molar-refractivity contribution in [1.82, 2.24) is 0 Å². The second-order valence-electron chi connectivity index (χ2n) is 3.28. The van der Waals surface area contributed by atoms with Crippen LogP contribution in [0.4, 0.5) is 0 Å². The minimum atomic E-state index is 0.921. The van der Waals surface area contributed by atoms with Gasteiger partial charge in [-0.2, -0.15) is 0 Å². The van der Waals surface area contributed by atoms with E-state index in [1.165, 1.54) is 37.4 Å². The van der Waals surface area contributed by atoms with E-state index in [4.69, 9.17) is 0 Å². The van der Waals surface area contributed by atoms with E-state index < -0.39 is 0 Å². The zero-order valence-corrected chi connectivity index (χ0v) is 10.8. The highest BCUT2D eigenvalue weighted by Crippen LogP contribution is 2.14. The van der Waals surface area contributed by atoms with Gasteiger partial charge in [0.05, 0.1) is 0 Å². The maximum Gasteiger partial charge on any atom is 0.00595 e. The van der Waals surface area contributed by atoms with E-state index in [0.29, 0.717) is 0 Å². The van der Waals surface area contributed by atoms with E-state index >= 15 is 0 Å². The maximum atomic E-state index is 3.51. The first kappa shape index (κ1) is 15.0. The molecule has 0 fully saturated rings. The number of halogens is 1. The first-order valence-electron chi connectivity index (χ1n) is 5.32. The second-order valence-corrected chi connectivity index (χ2v) is 3.93. The lowest BCUT2D eigenvalue weighted by Gasteiger charge is -2.08. The van der Waals surface area contributed by atoms with Crippen molar-refractivity contribution in [1.29, 1.82) is 0 Å². The summed E-state index contributed by atoms with van der Waals surface area (Å²) in [5.74, 6) is 0.921. The lowest BCUT2D eigenvalue weighted by atomic mass is 10.0. The van der Waals surface area contributed by atoms with Crippen LogP contribution in [0, 0.1) is 5.92 Å². The minimum absolute atomic E-state index is 0.921. The molecular weight excluding hydrogens is 212 g/mol. The third kappa shape index (κ3) is 13.1. The normalized spacial score (nSPS) is 11.8. The van der Waals surface area contributed by atoms with Crippen molar-refractivity contribution in [3.05, 3.63) is 0 Å². The average Bonchev–Trinajstić information content (AvgIpc) is 2.08. The molecule has 0 radical (unpaired) electrons. The Labute approximate surface area is 87.3 Å². The Bertz CT molecular complexity index is 58.0. The Balaban J connectivity index is 0. The molecule has 0 rings (SSSR count). The SMILES string of the molecule is CCC.CCCCC(CC)CBr. The number of alkyl halides is 1. The molecule has 1 unspecified atom stereocenters. The number of hydrogen-bond donors (Lipinski definition) is 0. The summed E-state index contributed by atoms with van der Waals surface area (Å²) in [6.07, 6.45) is 6.71. The van der Waals surface area contributed by atoms with Gasteiger partial charge in [0.15, 0.2) is 0 Å². The van der Waals surface area contributed by atoms with Crippen molar-refractivity contribution in [3.8, 4) is 0 Å². The molecule has 0 aromatic rings. The maximum absolute atomic E-state index is 3.51. The lowest BCUT2D eigenvalue weighted by molar-refractivity contribution is 0.502. The molecule has 0 N–H and O–H groups in total. The van der Waals surface area contributed by atoms with Crippen LogP contribution in [-0.4, -0.2) is 5.33 Å². The molecule has 12 heavy (non-hydrogen) atoms. The van der Waals surface area contributed by atoms with Gasteiger partial charge >= 0.3 is 0 Å². The smallest absolute Gasteiger partial charge is 0.00595 e. The van der Waals surface area contributed by atoms with Gasteiger partial charge in [0, 0.05) is 5.33 Å². The standard InChI is InChI=1S/C8H17Br.C3H8/c1-3-5-6-8(4-2)7-9;1-3-2/h8H,3-7H2,1-2H3;3H2,1-2H3. The highest BCUT2D eigenvalue weighted by molar-refractivity contribution is 9.09. The quantitative estimate of drug-likeness (QED) is 0.589. The molecule has 0 aliphatic rings. The predicted molar refractivity (Wildman–Crippen MR) is 63.1 cm³/mol. The van der Waals surface area contributed by atoms with Crippen molar-refractivity contribution in [2.75, 3.05) is 5.33 Å². The second kappa shape index (κ2) is 14.0. The molecule has 0 heterocycles. The van der Waals surface area contributed by atoms with Gasteiger partial charge in [-0.25, -0.2) is 0 Å². The Kier molecular flexibility index (Phi) is 17.5. The molecule has 0 aromatic carbocycles. The molecule has 1 atom stereocenters. The summed E-state index contributed by atoms with van der Waals surface area (Å²) >= 11 is 3.51. The molecule has 0 spiro atoms. The third-order valence-corrected chi connectivity index (χ3v) is 2.68. The van der Waals surface area contributed by atoms with Crippen LogP contribution in [-0.2, 0) is 0 Å². The highest BCUT2D eigenvalue weighted by atomic mass is 79.9. The van der Waals surface area contributed by atoms with Gasteiger partial charge in [0.1, 0.15) is 0 Å².